The van der Waals surface area contributed by atoms with Crippen LogP contribution < -0.4 is 15.0 Å². The molecule has 2 N–H and O–H groups in total. The number of rotatable bonds is 5. The summed E-state index contributed by atoms with van der Waals surface area (Å²) in [7, 11) is 0. The second-order valence-corrected chi connectivity index (χ2v) is 6.51. The summed E-state index contributed by atoms with van der Waals surface area (Å²) < 4.78 is 19.0. The molecule has 1 amide bonds. The molecule has 0 saturated carbocycles. The van der Waals surface area contributed by atoms with Gasteiger partial charge in [0.1, 0.15) is 5.75 Å². The summed E-state index contributed by atoms with van der Waals surface area (Å²) in [6, 6.07) is 9.07. The normalized spacial score (nSPS) is 14.7. The Bertz CT molecular complexity index is 850. The number of aromatic hydroxyl groups is 1. The van der Waals surface area contributed by atoms with Crippen LogP contribution in [-0.2, 0) is 0 Å². The highest BCUT2D eigenvalue weighted by atomic mass is 19.1. The standard InChI is InChI=1S/C20H21FN2O4/c1-13(14-9-15(12-24)19(25)18(21)10-14)22-20(26)27-17-6-4-5-16(11-17)23-7-2-3-8-23/h4-6,9-13,25H,2-3,7-8H2,1H3,(H,22,26). The number of hydrogen-bond donors (Lipinski definition) is 2. The van der Waals surface area contributed by atoms with Crippen molar-refractivity contribution in [2.75, 3.05) is 18.0 Å². The molecule has 1 aliphatic heterocycles. The van der Waals surface area contributed by atoms with E-state index in [-0.39, 0.29) is 5.56 Å². The van der Waals surface area contributed by atoms with E-state index >= 15 is 0 Å². The summed E-state index contributed by atoms with van der Waals surface area (Å²) in [5, 5.41) is 12.1. The van der Waals surface area contributed by atoms with Crippen molar-refractivity contribution in [3.05, 3.63) is 53.3 Å². The van der Waals surface area contributed by atoms with E-state index in [1.165, 1.54) is 6.07 Å². The number of aldehydes is 1. The molecule has 0 aliphatic carbocycles. The van der Waals surface area contributed by atoms with E-state index < -0.39 is 23.7 Å². The van der Waals surface area contributed by atoms with Gasteiger partial charge in [-0.1, -0.05) is 6.07 Å². The molecule has 2 aromatic carbocycles. The van der Waals surface area contributed by atoms with Gasteiger partial charge in [-0.2, -0.15) is 0 Å². The smallest absolute Gasteiger partial charge is 0.413 e. The molecule has 0 radical (unpaired) electrons. The second-order valence-electron chi connectivity index (χ2n) is 6.51. The van der Waals surface area contributed by atoms with Gasteiger partial charge >= 0.3 is 6.09 Å². The molecule has 0 spiro atoms. The first-order valence-corrected chi connectivity index (χ1v) is 8.79. The summed E-state index contributed by atoms with van der Waals surface area (Å²) >= 11 is 0. The first-order valence-electron chi connectivity index (χ1n) is 8.79. The Labute approximate surface area is 156 Å². The molecule has 1 saturated heterocycles. The first-order chi connectivity index (χ1) is 13.0. The van der Waals surface area contributed by atoms with E-state index in [4.69, 9.17) is 4.74 Å². The maximum atomic E-state index is 13.7. The van der Waals surface area contributed by atoms with Crippen molar-refractivity contribution in [3.63, 3.8) is 0 Å². The highest BCUT2D eigenvalue weighted by Crippen LogP contribution is 2.26. The molecule has 142 valence electrons. The van der Waals surface area contributed by atoms with Crippen LogP contribution in [0.1, 0.15) is 41.7 Å². The molecule has 3 rings (SSSR count). The van der Waals surface area contributed by atoms with E-state index in [0.29, 0.717) is 17.6 Å². The molecule has 2 aromatic rings. The van der Waals surface area contributed by atoms with Crippen molar-refractivity contribution in [1.82, 2.24) is 5.32 Å². The minimum Gasteiger partial charge on any atom is -0.504 e. The average Bonchev–Trinajstić information content (AvgIpc) is 3.18. The van der Waals surface area contributed by atoms with Crippen LogP contribution in [-0.4, -0.2) is 30.6 Å². The average molecular weight is 372 g/mol. The largest absolute Gasteiger partial charge is 0.504 e. The fourth-order valence-electron chi connectivity index (χ4n) is 3.10. The van der Waals surface area contributed by atoms with Crippen molar-refractivity contribution in [2.24, 2.45) is 0 Å². The molecule has 0 aromatic heterocycles. The van der Waals surface area contributed by atoms with E-state index in [1.807, 2.05) is 12.1 Å². The van der Waals surface area contributed by atoms with Gasteiger partial charge in [0.2, 0.25) is 0 Å². The zero-order chi connectivity index (χ0) is 19.4. The second kappa shape index (κ2) is 8.07. The van der Waals surface area contributed by atoms with Crippen LogP contribution in [0.3, 0.4) is 0 Å². The molecule has 0 bridgehead atoms. The van der Waals surface area contributed by atoms with E-state index in [2.05, 4.69) is 10.2 Å². The summed E-state index contributed by atoms with van der Waals surface area (Å²) in [6.07, 6.45) is 1.96. The molecule has 6 nitrogen and oxygen atoms in total. The lowest BCUT2D eigenvalue weighted by molar-refractivity contribution is 0.112. The third-order valence-electron chi connectivity index (χ3n) is 4.58. The maximum absolute atomic E-state index is 13.7. The summed E-state index contributed by atoms with van der Waals surface area (Å²) in [5.74, 6) is -1.22. The molecule has 1 fully saturated rings. The molecular weight excluding hydrogens is 351 g/mol. The van der Waals surface area contributed by atoms with Crippen LogP contribution in [0.15, 0.2) is 36.4 Å². The van der Waals surface area contributed by atoms with Gasteiger partial charge in [-0.25, -0.2) is 9.18 Å². The molecule has 1 atom stereocenters. The zero-order valence-corrected chi connectivity index (χ0v) is 14.9. The van der Waals surface area contributed by atoms with Crippen LogP contribution in [0.2, 0.25) is 0 Å². The number of nitrogens with zero attached hydrogens (tertiary/aromatic N) is 1. The lowest BCUT2D eigenvalue weighted by Crippen LogP contribution is -2.29. The Morgan fingerprint density at radius 2 is 2.04 bits per heavy atom. The van der Waals surface area contributed by atoms with Crippen molar-refractivity contribution in [1.29, 1.82) is 0 Å². The van der Waals surface area contributed by atoms with Gasteiger partial charge in [0.15, 0.2) is 17.9 Å². The number of benzene rings is 2. The number of hydrogen-bond acceptors (Lipinski definition) is 5. The number of phenols is 1. The number of nitrogens with one attached hydrogen (secondary N) is 1. The number of anilines is 1. The molecule has 27 heavy (non-hydrogen) atoms. The van der Waals surface area contributed by atoms with E-state index in [1.54, 1.807) is 19.1 Å². The summed E-state index contributed by atoms with van der Waals surface area (Å²) in [4.78, 5) is 25.3. The third kappa shape index (κ3) is 4.36. The molecule has 1 unspecified atom stereocenters. The number of carbonyl (C=O) groups excluding carboxylic acids is 2. The Morgan fingerprint density at radius 1 is 1.30 bits per heavy atom. The SMILES string of the molecule is CC(NC(=O)Oc1cccc(N2CCCC2)c1)c1cc(F)c(O)c(C=O)c1. The number of amides is 1. The van der Waals surface area contributed by atoms with Gasteiger partial charge in [0.05, 0.1) is 11.6 Å². The molecule has 1 aliphatic rings. The maximum Gasteiger partial charge on any atom is 0.413 e. The van der Waals surface area contributed by atoms with Crippen molar-refractivity contribution in [2.45, 2.75) is 25.8 Å². The Morgan fingerprint density at radius 3 is 2.74 bits per heavy atom. The van der Waals surface area contributed by atoms with Crippen LogP contribution in [0.4, 0.5) is 14.9 Å². The Kier molecular flexibility index (Phi) is 5.59. The first kappa shape index (κ1) is 18.7. The van der Waals surface area contributed by atoms with Crippen LogP contribution in [0.25, 0.3) is 0 Å². The molecular formula is C20H21FN2O4. The molecule has 1 heterocycles. The predicted octanol–water partition coefficient (Wildman–Crippen LogP) is 3.79. The van der Waals surface area contributed by atoms with Crippen molar-refractivity contribution < 1.29 is 23.8 Å². The van der Waals surface area contributed by atoms with Crippen LogP contribution >= 0.6 is 0 Å². The lowest BCUT2D eigenvalue weighted by Gasteiger charge is -2.19. The zero-order valence-electron chi connectivity index (χ0n) is 14.9. The van der Waals surface area contributed by atoms with Gasteiger partial charge in [-0.05, 0) is 49.6 Å². The number of halogens is 1. The van der Waals surface area contributed by atoms with E-state index in [0.717, 1.165) is 37.7 Å². The lowest BCUT2D eigenvalue weighted by atomic mass is 10.0. The quantitative estimate of drug-likeness (QED) is 0.781. The van der Waals surface area contributed by atoms with Crippen LogP contribution in [0.5, 0.6) is 11.5 Å². The van der Waals surface area contributed by atoms with Gasteiger partial charge in [-0.15, -0.1) is 0 Å². The van der Waals surface area contributed by atoms with Crippen LogP contribution in [0, 0.1) is 5.82 Å². The topological polar surface area (TPSA) is 78.9 Å². The van der Waals surface area contributed by atoms with Gasteiger partial charge in [0.25, 0.3) is 0 Å². The minimum absolute atomic E-state index is 0.176. The Hall–Kier alpha value is -3.09. The summed E-state index contributed by atoms with van der Waals surface area (Å²) in [5.41, 5.74) is 1.17. The fourth-order valence-corrected chi connectivity index (χ4v) is 3.10. The number of phenolic OH excluding ortho intramolecular Hbond substituents is 1. The fraction of sp³-hybridized carbons (Fsp3) is 0.300. The highest BCUT2D eigenvalue weighted by Gasteiger charge is 2.17. The monoisotopic (exact) mass is 372 g/mol. The number of carbonyl (C=O) groups is 2. The van der Waals surface area contributed by atoms with Gasteiger partial charge in [0, 0.05) is 24.8 Å². The van der Waals surface area contributed by atoms with Gasteiger partial charge in [-0.3, -0.25) is 4.79 Å². The number of ether oxygens (including phenoxy) is 1. The molecule has 7 heteroatoms. The predicted molar refractivity (Wildman–Crippen MR) is 98.9 cm³/mol. The van der Waals surface area contributed by atoms with Crippen molar-refractivity contribution >= 4 is 18.1 Å². The highest BCUT2D eigenvalue weighted by molar-refractivity contribution is 5.80. The third-order valence-corrected chi connectivity index (χ3v) is 4.58. The van der Waals surface area contributed by atoms with E-state index in [9.17, 15) is 19.1 Å². The van der Waals surface area contributed by atoms with Crippen molar-refractivity contribution in [3.8, 4) is 11.5 Å². The minimum atomic E-state index is -0.921. The summed E-state index contributed by atoms with van der Waals surface area (Å²) in [6.45, 7) is 3.60. The van der Waals surface area contributed by atoms with Gasteiger partial charge < -0.3 is 20.1 Å². The Balaban J connectivity index is 1.66.